The van der Waals surface area contributed by atoms with Gasteiger partial charge in [-0.05, 0) is 27.2 Å². The van der Waals surface area contributed by atoms with Crippen molar-refractivity contribution >= 4 is 5.97 Å². The molecule has 0 spiro atoms. The van der Waals surface area contributed by atoms with E-state index >= 15 is 0 Å². The summed E-state index contributed by atoms with van der Waals surface area (Å²) in [7, 11) is 0. The number of carbonyl (C=O) groups is 1. The summed E-state index contributed by atoms with van der Waals surface area (Å²) >= 11 is 0. The Bertz CT molecular complexity index is 934. The van der Waals surface area contributed by atoms with Crippen LogP contribution in [-0.4, -0.2) is 166 Å². The predicted molar refractivity (Wildman–Crippen MR) is 143 cm³/mol. The standard InChI is InChI=1S/C27H48O17/c1-5-6-27(4,44-25-22(38)19(35)16(32)10(41-25)7-13(30)31)15-12(9-29)42-24(21(37)18(15)34)43-26(2,3)14-11(8-28)40-23(39)20(36)17(14)33/h10-12,14-25,28-29,32-39H,5-9H2,1-4H3,(H,30,31)/t10?,11?,12?,14-,15-,16-,17?,18?,19?,20?,21?,22?,23-,24+,25+,27?/m1/s1. The Labute approximate surface area is 254 Å². The predicted octanol–water partition coefficient (Wildman–Crippen LogP) is -4.26. The molecule has 0 saturated carbocycles. The number of rotatable bonds is 12. The second kappa shape index (κ2) is 14.7. The number of aliphatic carboxylic acids is 1. The monoisotopic (exact) mass is 644 g/mol. The van der Waals surface area contributed by atoms with Crippen molar-refractivity contribution in [2.45, 2.75) is 138 Å². The number of ether oxygens (including phenoxy) is 5. The highest BCUT2D eigenvalue weighted by atomic mass is 16.7. The molecule has 17 heteroatoms. The minimum Gasteiger partial charge on any atom is -0.481 e. The summed E-state index contributed by atoms with van der Waals surface area (Å²) in [5.41, 5.74) is -3.09. The molecule has 0 aromatic rings. The Morgan fingerprint density at radius 2 is 1.16 bits per heavy atom. The minimum atomic E-state index is -1.84. The van der Waals surface area contributed by atoms with E-state index in [1.807, 2.05) is 0 Å². The third-order valence-corrected chi connectivity index (χ3v) is 8.89. The zero-order chi connectivity index (χ0) is 33.3. The summed E-state index contributed by atoms with van der Waals surface area (Å²) < 4.78 is 28.7. The fourth-order valence-electron chi connectivity index (χ4n) is 6.70. The maximum absolute atomic E-state index is 11.4. The van der Waals surface area contributed by atoms with Crippen LogP contribution in [0.3, 0.4) is 0 Å². The van der Waals surface area contributed by atoms with E-state index in [2.05, 4.69) is 0 Å². The largest absolute Gasteiger partial charge is 0.481 e. The first kappa shape index (κ1) is 37.3. The van der Waals surface area contributed by atoms with Gasteiger partial charge in [0.2, 0.25) is 0 Å². The molecule has 258 valence electrons. The van der Waals surface area contributed by atoms with Crippen molar-refractivity contribution in [1.82, 2.24) is 0 Å². The highest BCUT2D eigenvalue weighted by Crippen LogP contribution is 2.43. The molecule has 3 saturated heterocycles. The number of carboxylic acids is 1. The number of aliphatic hydroxyl groups excluding tert-OH is 10. The summed E-state index contributed by atoms with van der Waals surface area (Å²) in [5, 5.41) is 114. The Morgan fingerprint density at radius 3 is 1.70 bits per heavy atom. The van der Waals surface area contributed by atoms with Gasteiger partial charge in [-0.2, -0.15) is 0 Å². The first-order chi connectivity index (χ1) is 20.4. The molecule has 0 bridgehead atoms. The van der Waals surface area contributed by atoms with Crippen LogP contribution in [0.5, 0.6) is 0 Å². The average Bonchev–Trinajstić information content (AvgIpc) is 2.94. The molecule has 11 N–H and O–H groups in total. The van der Waals surface area contributed by atoms with Crippen LogP contribution < -0.4 is 0 Å². The minimum absolute atomic E-state index is 0.122. The zero-order valence-electron chi connectivity index (χ0n) is 25.1. The van der Waals surface area contributed by atoms with E-state index in [4.69, 9.17) is 23.7 Å². The van der Waals surface area contributed by atoms with Crippen LogP contribution in [0.2, 0.25) is 0 Å². The molecule has 0 radical (unpaired) electrons. The van der Waals surface area contributed by atoms with E-state index in [1.54, 1.807) is 6.92 Å². The van der Waals surface area contributed by atoms with Gasteiger partial charge in [0.25, 0.3) is 0 Å². The van der Waals surface area contributed by atoms with Crippen molar-refractivity contribution in [3.05, 3.63) is 0 Å². The van der Waals surface area contributed by atoms with Gasteiger partial charge in [0.1, 0.15) is 30.5 Å². The van der Waals surface area contributed by atoms with Crippen LogP contribution in [0.15, 0.2) is 0 Å². The first-order valence-corrected chi connectivity index (χ1v) is 14.6. The summed E-state index contributed by atoms with van der Waals surface area (Å²) in [6.07, 6.45) is -21.6. The van der Waals surface area contributed by atoms with Gasteiger partial charge < -0.3 is 79.9 Å². The molecule has 17 nitrogen and oxygen atoms in total. The van der Waals surface area contributed by atoms with Gasteiger partial charge >= 0.3 is 5.97 Å². The van der Waals surface area contributed by atoms with Crippen molar-refractivity contribution in [2.24, 2.45) is 11.8 Å². The molecule has 44 heavy (non-hydrogen) atoms. The van der Waals surface area contributed by atoms with Gasteiger partial charge in [-0.3, -0.25) is 4.79 Å². The molecule has 0 aromatic heterocycles. The first-order valence-electron chi connectivity index (χ1n) is 14.6. The fourth-order valence-corrected chi connectivity index (χ4v) is 6.70. The Balaban J connectivity index is 1.86. The molecule has 0 amide bonds. The lowest BCUT2D eigenvalue weighted by atomic mass is 9.74. The highest BCUT2D eigenvalue weighted by Gasteiger charge is 2.58. The summed E-state index contributed by atoms with van der Waals surface area (Å²) in [6.45, 7) is 4.74. The number of carboxylic acid groups (broad SMARTS) is 1. The molecular formula is C27H48O17. The lowest BCUT2D eigenvalue weighted by Gasteiger charge is -2.53. The van der Waals surface area contributed by atoms with Crippen molar-refractivity contribution < 1.29 is 84.7 Å². The summed E-state index contributed by atoms with van der Waals surface area (Å²) in [5.74, 6) is -3.73. The van der Waals surface area contributed by atoms with Crippen LogP contribution in [0, 0.1) is 11.8 Å². The van der Waals surface area contributed by atoms with E-state index in [0.29, 0.717) is 6.42 Å². The lowest BCUT2D eigenvalue weighted by molar-refractivity contribution is -0.372. The Kier molecular flexibility index (Phi) is 12.5. The fraction of sp³-hybridized carbons (Fsp3) is 0.963. The van der Waals surface area contributed by atoms with Gasteiger partial charge in [0.15, 0.2) is 18.9 Å². The second-order valence-corrected chi connectivity index (χ2v) is 12.5. The van der Waals surface area contributed by atoms with Crippen LogP contribution >= 0.6 is 0 Å². The molecule has 3 fully saturated rings. The number of aliphatic hydroxyl groups is 10. The van der Waals surface area contributed by atoms with Crippen LogP contribution in [-0.2, 0) is 28.5 Å². The van der Waals surface area contributed by atoms with Gasteiger partial charge in [-0.15, -0.1) is 0 Å². The zero-order valence-corrected chi connectivity index (χ0v) is 25.1. The van der Waals surface area contributed by atoms with Gasteiger partial charge in [-0.25, -0.2) is 0 Å². The quantitative estimate of drug-likeness (QED) is 0.0959. The number of hydrogen-bond acceptors (Lipinski definition) is 16. The van der Waals surface area contributed by atoms with E-state index in [-0.39, 0.29) is 6.42 Å². The van der Waals surface area contributed by atoms with Crippen molar-refractivity contribution in [3.8, 4) is 0 Å². The van der Waals surface area contributed by atoms with E-state index in [0.717, 1.165) is 0 Å². The van der Waals surface area contributed by atoms with E-state index < -0.39 is 129 Å². The molecule has 3 aliphatic rings. The van der Waals surface area contributed by atoms with Gasteiger partial charge in [-0.1, -0.05) is 13.3 Å². The topological polar surface area (TPSA) is 286 Å². The molecule has 3 heterocycles. The number of hydrogen-bond donors (Lipinski definition) is 11. The maximum Gasteiger partial charge on any atom is 0.306 e. The second-order valence-electron chi connectivity index (χ2n) is 12.5. The Hall–Kier alpha value is -1.13. The summed E-state index contributed by atoms with van der Waals surface area (Å²) in [4.78, 5) is 11.3. The van der Waals surface area contributed by atoms with Gasteiger partial charge in [0.05, 0.1) is 61.4 Å². The van der Waals surface area contributed by atoms with Crippen molar-refractivity contribution in [1.29, 1.82) is 0 Å². The van der Waals surface area contributed by atoms with Crippen molar-refractivity contribution in [3.63, 3.8) is 0 Å². The molecule has 0 aromatic carbocycles. The van der Waals surface area contributed by atoms with Crippen LogP contribution in [0.4, 0.5) is 0 Å². The highest BCUT2D eigenvalue weighted by molar-refractivity contribution is 5.67. The lowest BCUT2D eigenvalue weighted by Crippen LogP contribution is -2.67. The van der Waals surface area contributed by atoms with Crippen LogP contribution in [0.1, 0.15) is 47.0 Å². The molecule has 10 unspecified atom stereocenters. The molecule has 3 rings (SSSR count). The van der Waals surface area contributed by atoms with Crippen LogP contribution in [0.25, 0.3) is 0 Å². The molecule has 3 aliphatic heterocycles. The smallest absolute Gasteiger partial charge is 0.306 e. The molecule has 0 aliphatic carbocycles. The third kappa shape index (κ3) is 7.53. The van der Waals surface area contributed by atoms with Gasteiger partial charge in [0, 0.05) is 11.8 Å². The van der Waals surface area contributed by atoms with E-state index in [1.165, 1.54) is 20.8 Å². The Morgan fingerprint density at radius 1 is 0.659 bits per heavy atom. The molecule has 16 atom stereocenters. The average molecular weight is 645 g/mol. The normalized spacial score (nSPS) is 45.1. The third-order valence-electron chi connectivity index (χ3n) is 8.89. The maximum atomic E-state index is 11.4. The summed E-state index contributed by atoms with van der Waals surface area (Å²) in [6, 6.07) is 0. The van der Waals surface area contributed by atoms with E-state index in [9.17, 15) is 61.0 Å². The SMILES string of the molecule is CCCC(C)(O[C@@H]1OC(CC(=O)O)[C@@H](O)C(O)C1O)[C@@H]1C(CO)O[C@@H](OC(C)(C)[C@@H]2C(CO)O[C@@H](O)C(O)C2O)C(O)C1O. The molecular weight excluding hydrogens is 596 g/mol. The van der Waals surface area contributed by atoms with Crippen molar-refractivity contribution in [2.75, 3.05) is 13.2 Å².